The number of sulfonamides is 1. The van der Waals surface area contributed by atoms with Crippen molar-refractivity contribution in [3.05, 3.63) is 249 Å². The number of Topliss-reactive ketones (excluding diaryl/α,β-unsaturated/α-hetero) is 4. The number of amidine groups is 2. The van der Waals surface area contributed by atoms with Gasteiger partial charge in [0.15, 0.2) is 11.7 Å². The van der Waals surface area contributed by atoms with E-state index < -0.39 is 41.2 Å². The lowest BCUT2D eigenvalue weighted by Gasteiger charge is -2.18. The van der Waals surface area contributed by atoms with E-state index in [0.717, 1.165) is 54.1 Å². The Balaban J connectivity index is 0.000000157. The molecule has 0 aliphatic carbocycles. The molecule has 2 aromatic heterocycles. The fourth-order valence-corrected chi connectivity index (χ4v) is 15.9. The van der Waals surface area contributed by atoms with E-state index in [9.17, 15) is 78.0 Å². The lowest BCUT2D eigenvalue weighted by atomic mass is 9.94. The Morgan fingerprint density at radius 3 is 1.29 bits per heavy atom. The van der Waals surface area contributed by atoms with Crippen LogP contribution in [0.5, 0.6) is 0 Å². The summed E-state index contributed by atoms with van der Waals surface area (Å²) in [4.78, 5) is 121. The lowest BCUT2D eigenvalue weighted by molar-refractivity contribution is -0.385. The van der Waals surface area contributed by atoms with Crippen molar-refractivity contribution < 1.29 is 57.2 Å². The first-order valence-electron chi connectivity index (χ1n) is 36.2. The number of H-pyrrole nitrogens is 1. The fraction of sp³-hybridized carbons (Fsp3) is 0.207. The maximum atomic E-state index is 11.9. The predicted octanol–water partition coefficient (Wildman–Crippen LogP) is 15.5. The Morgan fingerprint density at radius 2 is 0.883 bits per heavy atom. The summed E-state index contributed by atoms with van der Waals surface area (Å²) in [7, 11) is -0.340. The van der Waals surface area contributed by atoms with Gasteiger partial charge in [0.2, 0.25) is 10.0 Å². The molecule has 38 heteroatoms. The number of halogens is 1. The molecule has 32 nitrogen and oxygen atoms in total. The van der Waals surface area contributed by atoms with Crippen LogP contribution in [0.1, 0.15) is 92.7 Å². The normalized spacial score (nSPS) is 13.5. The van der Waals surface area contributed by atoms with Crippen LogP contribution in [0, 0.1) is 40.5 Å². The number of aliphatic hydroxyl groups is 1. The summed E-state index contributed by atoms with van der Waals surface area (Å²) in [6.07, 6.45) is 2.66. The molecule has 0 fully saturated rings. The number of aromatic amines is 1. The number of fused-ring (bicyclic) bond motifs is 2. The van der Waals surface area contributed by atoms with Gasteiger partial charge in [-0.2, -0.15) is 10.2 Å². The highest BCUT2D eigenvalue weighted by Gasteiger charge is 2.26. The number of nitrogens with two attached hydrogens (primary N) is 1. The number of primary amides is 1. The summed E-state index contributed by atoms with van der Waals surface area (Å²) in [6.45, 7) is 10.1. The fourth-order valence-electron chi connectivity index (χ4n) is 12.1. The molecule has 0 spiro atoms. The van der Waals surface area contributed by atoms with Gasteiger partial charge < -0.3 is 20.4 Å². The average Bonchev–Trinajstić information content (AvgIpc) is 1.64. The van der Waals surface area contributed by atoms with Gasteiger partial charge in [0.05, 0.1) is 92.8 Å². The van der Waals surface area contributed by atoms with Crippen LogP contribution in [0.3, 0.4) is 0 Å². The van der Waals surface area contributed by atoms with Crippen molar-refractivity contribution in [3.63, 3.8) is 0 Å². The molecule has 0 saturated carbocycles. The highest BCUT2D eigenvalue weighted by Crippen LogP contribution is 2.37. The molecular formula is C82H73ClN16O16S5. The molecule has 0 radical (unpaired) electrons. The van der Waals surface area contributed by atoms with Gasteiger partial charge >= 0.3 is 0 Å². The third-order valence-corrected chi connectivity index (χ3v) is 24.2. The van der Waals surface area contributed by atoms with E-state index in [2.05, 4.69) is 50.1 Å². The summed E-state index contributed by atoms with van der Waals surface area (Å²) >= 11 is 11.6. The summed E-state index contributed by atoms with van der Waals surface area (Å²) in [6, 6.07) is 45.2. The van der Waals surface area contributed by atoms with Gasteiger partial charge in [0, 0.05) is 119 Å². The monoisotopic (exact) mass is 1730 g/mol. The number of amides is 1. The minimum absolute atomic E-state index is 0.0255. The van der Waals surface area contributed by atoms with E-state index in [4.69, 9.17) is 17.3 Å². The number of aromatic nitrogens is 2. The minimum atomic E-state index is -3.58. The van der Waals surface area contributed by atoms with Crippen LogP contribution in [0.25, 0.3) is 66.3 Å². The predicted molar refractivity (Wildman–Crippen MR) is 475 cm³/mol. The van der Waals surface area contributed by atoms with Gasteiger partial charge in [0.25, 0.3) is 28.7 Å². The third-order valence-electron chi connectivity index (χ3n) is 18.0. The summed E-state index contributed by atoms with van der Waals surface area (Å²) in [5.74, 6) is 1.72. The van der Waals surface area contributed by atoms with Crippen molar-refractivity contribution in [1.82, 2.24) is 14.3 Å². The zero-order chi connectivity index (χ0) is 86.6. The molecule has 0 saturated heterocycles. The Bertz CT molecular complexity index is 6270. The molecule has 10 aromatic rings. The molecule has 6 heterocycles. The van der Waals surface area contributed by atoms with Crippen LogP contribution in [-0.4, -0.2) is 158 Å². The van der Waals surface area contributed by atoms with Crippen molar-refractivity contribution in [3.8, 4) is 44.5 Å². The second-order valence-electron chi connectivity index (χ2n) is 27.8. The molecule has 4 aliphatic rings. The number of aliphatic imine (C=N–C) groups is 4. The second-order valence-corrected chi connectivity index (χ2v) is 34.3. The molecule has 0 atom stereocenters. The number of rotatable bonds is 24. The molecule has 0 bridgehead atoms. The van der Waals surface area contributed by atoms with Crippen LogP contribution in [0.4, 0.5) is 22.7 Å². The standard InChI is InChI=1S/C21H17ClN4O3S.C21H17N5O4S.C21H21N3O4S.C19H18N4O5S2/c1-12(27)11-30-20-9-23-21(24-20)15-5-14(6-16(7-15)26(28)29)13-3-4-19-17(8-13)18(22)10-25(19)2;1-11(27)10-31-19-9-23-21(25-19)15-5-13(6-16(7-15)26(29)30)12-2-3-17-14(4-12)8-18(24-17)20(22)28;1-13(25)12-29-20-11-19(22-23-20)16-8-15(9-18(10-16)24(27)28)14-4-6-17(7-5-14)21(2,3)26;1-12(24)11-29-19-10-18(21-22-19)15-7-14(8-16(9-15)23(25)26)13-3-5-17(6-4-13)30(27,28)20-2/h3-8,10H,9,11H2,1-2H3;2-8,24H,9-10H2,1H3,(H2,22,28);4-10,26H,11-12H2,1-3H3;3-9,20H,10-11H2,1-2H3. The maximum Gasteiger partial charge on any atom is 0.270 e. The van der Waals surface area contributed by atoms with E-state index in [1.54, 1.807) is 68.4 Å². The number of ketones is 4. The number of hydrogen-bond acceptors (Lipinski definition) is 28. The Hall–Kier alpha value is -12.5. The van der Waals surface area contributed by atoms with Crippen LogP contribution < -0.4 is 10.5 Å². The summed E-state index contributed by atoms with van der Waals surface area (Å²) < 4.78 is 28.0. The first-order chi connectivity index (χ1) is 56.9. The molecule has 614 valence electrons. The molecular weight excluding hydrogens is 1660 g/mol. The van der Waals surface area contributed by atoms with Crippen molar-refractivity contribution in [2.75, 3.05) is 43.1 Å². The van der Waals surface area contributed by atoms with E-state index in [1.165, 1.54) is 142 Å². The third kappa shape index (κ3) is 22.9. The van der Waals surface area contributed by atoms with Gasteiger partial charge in [-0.3, -0.25) is 74.4 Å². The number of carbonyl (C=O) groups is 5. The van der Waals surface area contributed by atoms with Crippen molar-refractivity contribution in [2.45, 2.75) is 64.9 Å². The number of non-ortho nitro benzene ring substituents is 4. The zero-order valence-electron chi connectivity index (χ0n) is 65.2. The van der Waals surface area contributed by atoms with E-state index in [1.807, 2.05) is 66.3 Å². The molecule has 5 N–H and O–H groups in total. The van der Waals surface area contributed by atoms with Gasteiger partial charge in [0.1, 0.15) is 38.9 Å². The molecule has 0 unspecified atom stereocenters. The number of thioether (sulfide) groups is 4. The number of nitrogens with zero attached hydrogens (tertiary/aromatic N) is 13. The number of benzene rings is 8. The molecule has 4 aliphatic heterocycles. The molecule has 8 aromatic carbocycles. The summed E-state index contributed by atoms with van der Waals surface area (Å²) in [5.41, 5.74) is 15.9. The number of nitrogens with one attached hydrogen (secondary N) is 2. The van der Waals surface area contributed by atoms with Crippen LogP contribution >= 0.6 is 58.6 Å². The van der Waals surface area contributed by atoms with Crippen LogP contribution in [0.15, 0.2) is 215 Å². The van der Waals surface area contributed by atoms with Gasteiger partial charge in [-0.25, -0.2) is 23.1 Å². The molecule has 1 amide bonds. The number of nitro benzene ring substituents is 4. The Labute approximate surface area is 707 Å². The van der Waals surface area contributed by atoms with Crippen molar-refractivity contribution >= 4 is 186 Å². The van der Waals surface area contributed by atoms with Crippen molar-refractivity contribution in [1.29, 1.82) is 0 Å². The van der Waals surface area contributed by atoms with E-state index in [-0.39, 0.29) is 56.5 Å². The first-order valence-corrected chi connectivity index (χ1v) is 42.0. The molecule has 120 heavy (non-hydrogen) atoms. The summed E-state index contributed by atoms with van der Waals surface area (Å²) in [5, 5.41) is 77.6. The quantitative estimate of drug-likeness (QED) is 0.0322. The second kappa shape index (κ2) is 38.5. The van der Waals surface area contributed by atoms with E-state index >= 15 is 0 Å². The first kappa shape index (κ1) is 88.3. The number of hydrogen-bond donors (Lipinski definition) is 4. The zero-order valence-corrected chi connectivity index (χ0v) is 70.0. The van der Waals surface area contributed by atoms with E-state index in [0.29, 0.717) is 137 Å². The highest BCUT2D eigenvalue weighted by molar-refractivity contribution is 8.15. The number of nitro groups is 4. The van der Waals surface area contributed by atoms with Gasteiger partial charge in [-0.15, -0.1) is 57.3 Å². The Kier molecular flexibility index (Phi) is 28.3. The SMILES string of the molecule is CC(=O)CSC1=NC(c2cc(-c3ccc4[nH]c(C(N)=O)cc4c3)cc([N+](=O)[O-])c2)=NC1.CC(=O)CSC1=NC(c2cc(-c3ccc4c(c3)c(Cl)cn4C)cc([N+](=O)[O-])c2)=NC1.CC(=O)CSC1=NN=C(c2cc(-c3ccc(C(C)(C)O)cc3)cc([N+](=O)[O-])c2)C1.CNS(=O)(=O)c1ccc(-c2cc(C3=NN=C(SCC(C)=O)C3)cc([N+](=O)[O-])c2)cc1. The smallest absolute Gasteiger partial charge is 0.270 e. The number of aryl methyl sites for hydroxylation is 1. The lowest BCUT2D eigenvalue weighted by Crippen LogP contribution is -2.18. The number of carbonyl (C=O) groups excluding carboxylic acids is 5. The highest BCUT2D eigenvalue weighted by atomic mass is 35.5. The van der Waals surface area contributed by atoms with Crippen LogP contribution in [0.2, 0.25) is 5.02 Å². The van der Waals surface area contributed by atoms with Gasteiger partial charge in [-0.1, -0.05) is 60.1 Å². The van der Waals surface area contributed by atoms with Crippen molar-refractivity contribution in [2.24, 2.45) is 53.2 Å². The Morgan fingerprint density at radius 1 is 0.508 bits per heavy atom. The minimum Gasteiger partial charge on any atom is -0.386 e. The maximum absolute atomic E-state index is 11.9. The van der Waals surface area contributed by atoms with Gasteiger partial charge in [-0.05, 0) is 165 Å². The average molecular weight is 1730 g/mol. The largest absolute Gasteiger partial charge is 0.386 e. The molecule has 14 rings (SSSR count). The topological polar surface area (TPSA) is 470 Å². The van der Waals surface area contributed by atoms with Crippen LogP contribution in [-0.2, 0) is 41.9 Å².